The van der Waals surface area contributed by atoms with Gasteiger partial charge in [0.15, 0.2) is 0 Å². The topological polar surface area (TPSA) is 51.6 Å². The van der Waals surface area contributed by atoms with Crippen LogP contribution in [0.5, 0.6) is 0 Å². The van der Waals surface area contributed by atoms with E-state index in [0.29, 0.717) is 0 Å². The van der Waals surface area contributed by atoms with Crippen molar-refractivity contribution >= 4 is 0 Å². The van der Waals surface area contributed by atoms with Gasteiger partial charge in [0.2, 0.25) is 0 Å². The third-order valence-corrected chi connectivity index (χ3v) is 8.19. The van der Waals surface area contributed by atoms with Gasteiger partial charge in [-0.3, -0.25) is 19.9 Å². The molecule has 0 aliphatic rings. The minimum absolute atomic E-state index is 0.972. The van der Waals surface area contributed by atoms with Crippen LogP contribution in [0.15, 0.2) is 73.3 Å². The molecule has 4 rings (SSSR count). The van der Waals surface area contributed by atoms with Crippen molar-refractivity contribution in [3.8, 4) is 22.8 Å². The molecule has 0 amide bonds. The third kappa shape index (κ3) is 11.5. The number of nitrogens with zero attached hydrogens (tertiary/aromatic N) is 4. The summed E-state index contributed by atoms with van der Waals surface area (Å²) in [5.41, 5.74) is 9.13. The normalized spacial score (nSPS) is 11.2. The van der Waals surface area contributed by atoms with Crippen molar-refractivity contribution in [1.29, 1.82) is 0 Å². The van der Waals surface area contributed by atoms with Crippen LogP contribution in [-0.4, -0.2) is 19.9 Å². The van der Waals surface area contributed by atoms with Crippen molar-refractivity contribution < 1.29 is 0 Å². The second-order valence-corrected chi connectivity index (χ2v) is 12.0. The molecule has 0 saturated heterocycles. The number of hydrogen-bond donors (Lipinski definition) is 0. The van der Waals surface area contributed by atoms with Crippen molar-refractivity contribution in [3.63, 3.8) is 0 Å². The van der Waals surface area contributed by atoms with Gasteiger partial charge in [0, 0.05) is 24.8 Å². The number of unbranched alkanes of at least 4 members (excludes halogenated alkanes) is 13. The first-order valence-electron chi connectivity index (χ1n) is 16.4. The van der Waals surface area contributed by atoms with E-state index in [4.69, 9.17) is 0 Å². The maximum absolute atomic E-state index is 4.53. The van der Waals surface area contributed by atoms with Crippen LogP contribution in [0.1, 0.15) is 112 Å². The Bertz CT molecular complexity index is 1230. The Balaban J connectivity index is 0.942. The first kappa shape index (κ1) is 31.5. The fourth-order valence-corrected chi connectivity index (χ4v) is 5.67. The molecule has 222 valence electrons. The molecule has 4 aromatic heterocycles. The van der Waals surface area contributed by atoms with Crippen LogP contribution >= 0.6 is 0 Å². The van der Waals surface area contributed by atoms with Gasteiger partial charge < -0.3 is 0 Å². The summed E-state index contributed by atoms with van der Waals surface area (Å²) in [6.45, 7) is 4.20. The SMILES string of the molecule is Cc1ccnc(-c2cc(CCCCCCCCCCCCCCCCc3ccnc(-c4cc(C)ccn4)c3)ccn2)c1. The summed E-state index contributed by atoms with van der Waals surface area (Å²) in [7, 11) is 0. The lowest BCUT2D eigenvalue weighted by molar-refractivity contribution is 0.533. The molecule has 0 N–H and O–H groups in total. The fourth-order valence-electron chi connectivity index (χ4n) is 5.67. The zero-order valence-corrected chi connectivity index (χ0v) is 26.0. The summed E-state index contributed by atoms with van der Waals surface area (Å²) >= 11 is 0. The van der Waals surface area contributed by atoms with Gasteiger partial charge in [-0.2, -0.15) is 0 Å². The molecule has 0 spiro atoms. The molecular weight excluding hydrogens is 512 g/mol. The fraction of sp³-hybridized carbons (Fsp3) is 0.474. The maximum Gasteiger partial charge on any atom is 0.0888 e. The standard InChI is InChI=1S/C38H50N4/c1-31-19-23-39-35(27-31)37-29-33(21-25-41-37)17-15-13-11-9-7-5-3-4-6-8-10-12-14-16-18-34-22-26-42-38(30-34)36-28-32(2)20-24-40-36/h19-30H,3-18H2,1-2H3. The monoisotopic (exact) mass is 562 g/mol. The van der Waals surface area contributed by atoms with Gasteiger partial charge in [-0.05, 0) is 110 Å². The highest BCUT2D eigenvalue weighted by atomic mass is 14.8. The predicted octanol–water partition coefficient (Wildman–Crippen LogP) is 10.5. The Morgan fingerprint density at radius 2 is 0.643 bits per heavy atom. The van der Waals surface area contributed by atoms with E-state index in [0.717, 1.165) is 35.6 Å². The Morgan fingerprint density at radius 3 is 0.976 bits per heavy atom. The molecule has 0 atom stereocenters. The Kier molecular flexibility index (Phi) is 13.7. The summed E-state index contributed by atoms with van der Waals surface area (Å²) in [5.74, 6) is 0. The zero-order valence-electron chi connectivity index (χ0n) is 26.0. The molecule has 4 heteroatoms. The minimum Gasteiger partial charge on any atom is -0.255 e. The lowest BCUT2D eigenvalue weighted by Crippen LogP contribution is -1.92. The van der Waals surface area contributed by atoms with E-state index in [1.165, 1.54) is 112 Å². The van der Waals surface area contributed by atoms with E-state index in [-0.39, 0.29) is 0 Å². The van der Waals surface area contributed by atoms with Crippen molar-refractivity contribution in [2.45, 2.75) is 117 Å². The summed E-state index contributed by atoms with van der Waals surface area (Å²) in [5, 5.41) is 0. The molecule has 4 heterocycles. The van der Waals surface area contributed by atoms with Crippen molar-refractivity contribution in [3.05, 3.63) is 95.6 Å². The average molecular weight is 563 g/mol. The Hall–Kier alpha value is -3.40. The molecule has 42 heavy (non-hydrogen) atoms. The van der Waals surface area contributed by atoms with Gasteiger partial charge in [0.1, 0.15) is 0 Å². The van der Waals surface area contributed by atoms with E-state index in [1.54, 1.807) is 0 Å². The van der Waals surface area contributed by atoms with E-state index >= 15 is 0 Å². The second kappa shape index (κ2) is 18.2. The van der Waals surface area contributed by atoms with Gasteiger partial charge in [-0.25, -0.2) is 0 Å². The summed E-state index contributed by atoms with van der Waals surface area (Å²) < 4.78 is 0. The first-order valence-corrected chi connectivity index (χ1v) is 16.4. The Labute approximate surface area is 254 Å². The van der Waals surface area contributed by atoms with Crippen molar-refractivity contribution in [2.75, 3.05) is 0 Å². The molecule has 4 nitrogen and oxygen atoms in total. The van der Waals surface area contributed by atoms with E-state index in [9.17, 15) is 0 Å². The molecule has 4 aromatic rings. The number of rotatable bonds is 19. The summed E-state index contributed by atoms with van der Waals surface area (Å²) in [6.07, 6.45) is 29.0. The highest BCUT2D eigenvalue weighted by molar-refractivity contribution is 5.56. The minimum atomic E-state index is 0.972. The molecule has 0 aromatic carbocycles. The van der Waals surface area contributed by atoms with Gasteiger partial charge in [0.25, 0.3) is 0 Å². The smallest absolute Gasteiger partial charge is 0.0888 e. The zero-order chi connectivity index (χ0) is 29.2. The molecule has 0 radical (unpaired) electrons. The lowest BCUT2D eigenvalue weighted by Gasteiger charge is -2.06. The lowest BCUT2D eigenvalue weighted by atomic mass is 10.0. The van der Waals surface area contributed by atoms with Gasteiger partial charge in [-0.1, -0.05) is 77.0 Å². The van der Waals surface area contributed by atoms with Crippen LogP contribution in [0.25, 0.3) is 22.8 Å². The van der Waals surface area contributed by atoms with E-state index in [2.05, 4.69) is 70.2 Å². The average Bonchev–Trinajstić information content (AvgIpc) is 3.01. The van der Waals surface area contributed by atoms with Crippen LogP contribution in [0.3, 0.4) is 0 Å². The van der Waals surface area contributed by atoms with Crippen molar-refractivity contribution in [1.82, 2.24) is 19.9 Å². The number of aromatic nitrogens is 4. The van der Waals surface area contributed by atoms with Crippen LogP contribution in [0.2, 0.25) is 0 Å². The highest BCUT2D eigenvalue weighted by Gasteiger charge is 2.04. The molecule has 0 bridgehead atoms. The molecule has 0 saturated carbocycles. The third-order valence-electron chi connectivity index (χ3n) is 8.19. The maximum atomic E-state index is 4.53. The van der Waals surface area contributed by atoms with Crippen LogP contribution in [0, 0.1) is 13.8 Å². The van der Waals surface area contributed by atoms with Crippen LogP contribution < -0.4 is 0 Å². The first-order chi connectivity index (χ1) is 20.7. The molecular formula is C38H50N4. The molecule has 0 aliphatic carbocycles. The summed E-state index contributed by atoms with van der Waals surface area (Å²) in [4.78, 5) is 18.0. The quantitative estimate of drug-likeness (QED) is 0.107. The predicted molar refractivity (Wildman–Crippen MR) is 176 cm³/mol. The van der Waals surface area contributed by atoms with E-state index in [1.807, 2.05) is 36.9 Å². The number of pyridine rings is 4. The van der Waals surface area contributed by atoms with Crippen molar-refractivity contribution in [2.24, 2.45) is 0 Å². The number of aryl methyl sites for hydroxylation is 4. The van der Waals surface area contributed by atoms with Crippen LogP contribution in [-0.2, 0) is 12.8 Å². The van der Waals surface area contributed by atoms with E-state index < -0.39 is 0 Å². The van der Waals surface area contributed by atoms with Gasteiger partial charge in [-0.15, -0.1) is 0 Å². The Morgan fingerprint density at radius 1 is 0.357 bits per heavy atom. The number of hydrogen-bond acceptors (Lipinski definition) is 4. The largest absolute Gasteiger partial charge is 0.255 e. The molecule has 0 fully saturated rings. The van der Waals surface area contributed by atoms with Gasteiger partial charge >= 0.3 is 0 Å². The second-order valence-electron chi connectivity index (χ2n) is 12.0. The molecule has 0 aliphatic heterocycles. The van der Waals surface area contributed by atoms with Crippen LogP contribution in [0.4, 0.5) is 0 Å². The summed E-state index contributed by atoms with van der Waals surface area (Å²) in [6, 6.07) is 17.0. The van der Waals surface area contributed by atoms with Gasteiger partial charge in [0.05, 0.1) is 22.8 Å². The highest BCUT2D eigenvalue weighted by Crippen LogP contribution is 2.20. The molecule has 0 unspecified atom stereocenters.